The van der Waals surface area contributed by atoms with Crippen molar-refractivity contribution < 1.29 is 20.1 Å². The Kier molecular flexibility index (Phi) is 4.99. The summed E-state index contributed by atoms with van der Waals surface area (Å²) in [7, 11) is 0. The van der Waals surface area contributed by atoms with Gasteiger partial charge in [-0.15, -0.1) is 0 Å². The van der Waals surface area contributed by atoms with Crippen LogP contribution in [0.3, 0.4) is 0 Å². The Morgan fingerprint density at radius 3 is 2.47 bits per heavy atom. The number of carbonyl (C=O) groups excluding carboxylic acids is 1. The fourth-order valence-corrected chi connectivity index (χ4v) is 7.95. The van der Waals surface area contributed by atoms with Crippen LogP contribution in [0.2, 0.25) is 0 Å². The number of aliphatic hydroxyl groups is 3. The summed E-state index contributed by atoms with van der Waals surface area (Å²) in [6, 6.07) is 0.0166. The van der Waals surface area contributed by atoms with E-state index in [2.05, 4.69) is 15.6 Å². The van der Waals surface area contributed by atoms with Crippen molar-refractivity contribution in [2.24, 2.45) is 17.8 Å². The number of thioether (sulfide) groups is 1. The van der Waals surface area contributed by atoms with Crippen molar-refractivity contribution in [3.8, 4) is 0 Å². The van der Waals surface area contributed by atoms with E-state index in [1.54, 1.807) is 6.20 Å². The fraction of sp³-hybridized carbons (Fsp3) is 0.783. The first-order valence-corrected chi connectivity index (χ1v) is 13.0. The number of hydrogen-bond donors (Lipinski definition) is 5. The molecule has 7 rings (SSSR count). The third-order valence-corrected chi connectivity index (χ3v) is 9.28. The molecule has 1 aromatic heterocycles. The lowest BCUT2D eigenvalue weighted by Crippen LogP contribution is -2.61. The van der Waals surface area contributed by atoms with Crippen molar-refractivity contribution in [3.05, 3.63) is 17.5 Å². The molecule has 0 aromatic carbocycles. The first-order chi connectivity index (χ1) is 15.3. The minimum absolute atomic E-state index is 0.0956. The highest BCUT2D eigenvalue weighted by Gasteiger charge is 2.55. The molecule has 1 aromatic rings. The molecule has 1 amide bonds. The SMILES string of the molecule is O=C(NC1C2CC3CC1CC(O)(C3)C2)c1cnc(NC2CCSC(O)(O)C2)nc1C1CC1. The maximum Gasteiger partial charge on any atom is 0.254 e. The molecule has 5 aliphatic carbocycles. The van der Waals surface area contributed by atoms with Crippen LogP contribution in [0.15, 0.2) is 6.20 Å². The van der Waals surface area contributed by atoms with Gasteiger partial charge in [0.2, 0.25) is 11.1 Å². The molecule has 4 bridgehead atoms. The van der Waals surface area contributed by atoms with Crippen LogP contribution in [-0.2, 0) is 0 Å². The zero-order valence-corrected chi connectivity index (χ0v) is 19.0. The minimum Gasteiger partial charge on any atom is -0.390 e. The summed E-state index contributed by atoms with van der Waals surface area (Å²) in [6.07, 6.45) is 9.44. The monoisotopic (exact) mass is 460 g/mol. The van der Waals surface area contributed by atoms with E-state index in [0.29, 0.717) is 35.0 Å². The maximum atomic E-state index is 13.3. The number of nitrogens with one attached hydrogen (secondary N) is 2. The molecular formula is C23H32N4O4S. The average molecular weight is 461 g/mol. The van der Waals surface area contributed by atoms with E-state index in [0.717, 1.165) is 68.8 Å². The molecule has 5 saturated carbocycles. The first-order valence-electron chi connectivity index (χ1n) is 12.0. The van der Waals surface area contributed by atoms with Gasteiger partial charge in [-0.3, -0.25) is 4.79 Å². The molecule has 1 saturated heterocycles. The van der Waals surface area contributed by atoms with Crippen LogP contribution >= 0.6 is 11.8 Å². The quantitative estimate of drug-likeness (QED) is 0.422. The van der Waals surface area contributed by atoms with Crippen molar-refractivity contribution in [2.75, 3.05) is 11.1 Å². The van der Waals surface area contributed by atoms with Gasteiger partial charge in [0.05, 0.1) is 16.9 Å². The molecule has 2 heterocycles. The Hall–Kier alpha value is -1.42. The Labute approximate surface area is 192 Å². The van der Waals surface area contributed by atoms with Gasteiger partial charge in [-0.25, -0.2) is 9.97 Å². The predicted molar refractivity (Wildman–Crippen MR) is 120 cm³/mol. The fourth-order valence-electron chi connectivity index (χ4n) is 6.91. The third kappa shape index (κ3) is 4.02. The predicted octanol–water partition coefficient (Wildman–Crippen LogP) is 1.97. The molecule has 0 spiro atoms. The van der Waals surface area contributed by atoms with Crippen LogP contribution in [0.4, 0.5) is 5.95 Å². The number of aromatic nitrogens is 2. The summed E-state index contributed by atoms with van der Waals surface area (Å²) in [5.41, 5.74) is 0.849. The number of rotatable bonds is 5. The third-order valence-electron chi connectivity index (χ3n) is 8.21. The van der Waals surface area contributed by atoms with Crippen molar-refractivity contribution in [1.29, 1.82) is 0 Å². The van der Waals surface area contributed by atoms with Gasteiger partial charge >= 0.3 is 0 Å². The van der Waals surface area contributed by atoms with Gasteiger partial charge in [-0.05, 0) is 69.1 Å². The standard InChI is InChI=1S/C23H32N4O4S/c28-20(26-18-14-5-12-6-15(18)9-22(29,7-12)8-14)17-11-24-21(27-19(17)13-1-2-13)25-16-3-4-32-23(30,31)10-16/h11-16,18,29-31H,1-10H2,(H,26,28)(H,24,25,27). The second-order valence-electron chi connectivity index (χ2n) is 10.9. The van der Waals surface area contributed by atoms with Gasteiger partial charge in [-0.1, -0.05) is 11.8 Å². The van der Waals surface area contributed by atoms with E-state index < -0.39 is 10.7 Å². The van der Waals surface area contributed by atoms with Gasteiger partial charge in [0.25, 0.3) is 5.91 Å². The van der Waals surface area contributed by atoms with Crippen molar-refractivity contribution in [3.63, 3.8) is 0 Å². The largest absolute Gasteiger partial charge is 0.390 e. The van der Waals surface area contributed by atoms with E-state index in [-0.39, 0.29) is 30.3 Å². The Morgan fingerprint density at radius 1 is 1.06 bits per heavy atom. The summed E-state index contributed by atoms with van der Waals surface area (Å²) in [5.74, 6) is 2.63. The highest BCUT2D eigenvalue weighted by Crippen LogP contribution is 2.55. The number of carbonyl (C=O) groups is 1. The normalized spacial score (nSPS) is 39.7. The molecule has 5 N–H and O–H groups in total. The molecule has 6 fully saturated rings. The van der Waals surface area contributed by atoms with Crippen molar-refractivity contribution in [1.82, 2.24) is 15.3 Å². The van der Waals surface area contributed by atoms with E-state index in [9.17, 15) is 20.1 Å². The maximum absolute atomic E-state index is 13.3. The average Bonchev–Trinajstić information content (AvgIpc) is 3.54. The molecular weight excluding hydrogens is 428 g/mol. The first kappa shape index (κ1) is 21.1. The number of amides is 1. The molecule has 9 heteroatoms. The van der Waals surface area contributed by atoms with Gasteiger partial charge in [-0.2, -0.15) is 0 Å². The summed E-state index contributed by atoms with van der Waals surface area (Å²) in [4.78, 5) is 22.4. The summed E-state index contributed by atoms with van der Waals surface area (Å²) in [6.45, 7) is 0. The molecule has 8 nitrogen and oxygen atoms in total. The van der Waals surface area contributed by atoms with Crippen LogP contribution in [0.5, 0.6) is 0 Å². The molecule has 32 heavy (non-hydrogen) atoms. The van der Waals surface area contributed by atoms with Crippen LogP contribution in [0.25, 0.3) is 0 Å². The molecule has 1 aliphatic heterocycles. The van der Waals surface area contributed by atoms with E-state index in [1.165, 1.54) is 0 Å². The van der Waals surface area contributed by atoms with Crippen LogP contribution in [-0.4, -0.2) is 59.8 Å². The Balaban J connectivity index is 1.18. The second kappa shape index (κ2) is 7.55. The topological polar surface area (TPSA) is 128 Å². The van der Waals surface area contributed by atoms with Gasteiger partial charge < -0.3 is 26.0 Å². The minimum atomic E-state index is -1.72. The lowest BCUT2D eigenvalue weighted by atomic mass is 9.52. The smallest absolute Gasteiger partial charge is 0.254 e. The zero-order chi connectivity index (χ0) is 22.1. The molecule has 174 valence electrons. The highest BCUT2D eigenvalue weighted by molar-refractivity contribution is 8.00. The summed E-state index contributed by atoms with van der Waals surface area (Å²) >= 11 is 1.15. The van der Waals surface area contributed by atoms with Gasteiger partial charge in [0, 0.05) is 36.4 Å². The molecule has 3 unspecified atom stereocenters. The van der Waals surface area contributed by atoms with E-state index in [4.69, 9.17) is 4.98 Å². The lowest BCUT2D eigenvalue weighted by Gasteiger charge is -2.58. The van der Waals surface area contributed by atoms with Crippen LogP contribution in [0.1, 0.15) is 79.8 Å². The van der Waals surface area contributed by atoms with Gasteiger partial charge in [0.1, 0.15) is 0 Å². The number of anilines is 1. The number of hydrogen-bond acceptors (Lipinski definition) is 8. The summed E-state index contributed by atoms with van der Waals surface area (Å²) in [5, 5.41) is 35.5. The van der Waals surface area contributed by atoms with Crippen LogP contribution < -0.4 is 10.6 Å². The number of nitrogens with zero attached hydrogens (tertiary/aromatic N) is 2. The lowest BCUT2D eigenvalue weighted by molar-refractivity contribution is -0.136. The van der Waals surface area contributed by atoms with Crippen molar-refractivity contribution >= 4 is 23.6 Å². The summed E-state index contributed by atoms with van der Waals surface area (Å²) < 4.78 is 0. The zero-order valence-electron chi connectivity index (χ0n) is 18.2. The van der Waals surface area contributed by atoms with E-state index >= 15 is 0 Å². The van der Waals surface area contributed by atoms with Crippen molar-refractivity contribution in [2.45, 2.75) is 86.5 Å². The Morgan fingerprint density at radius 2 is 1.81 bits per heavy atom. The highest BCUT2D eigenvalue weighted by atomic mass is 32.2. The van der Waals surface area contributed by atoms with Crippen LogP contribution in [0, 0.1) is 17.8 Å². The van der Waals surface area contributed by atoms with E-state index in [1.807, 2.05) is 0 Å². The Bertz CT molecular complexity index is 907. The molecule has 3 atom stereocenters. The van der Waals surface area contributed by atoms with Gasteiger partial charge in [0.15, 0.2) is 0 Å². The molecule has 6 aliphatic rings. The second-order valence-corrected chi connectivity index (χ2v) is 12.2. The molecule has 0 radical (unpaired) electrons.